The van der Waals surface area contributed by atoms with Gasteiger partial charge in [0, 0.05) is 0 Å². The molecule has 1 N–H and O–H groups in total. The van der Waals surface area contributed by atoms with Crippen molar-refractivity contribution in [3.05, 3.63) is 0 Å². The summed E-state index contributed by atoms with van der Waals surface area (Å²) < 4.78 is 4.55. The number of carbonyl (C=O) groups is 2. The highest BCUT2D eigenvalue weighted by atomic mass is 16.5. The first kappa shape index (κ1) is 14.1. The Hall–Kier alpha value is -0.900. The van der Waals surface area contributed by atoms with E-state index in [0.29, 0.717) is 6.47 Å². The van der Waals surface area contributed by atoms with Crippen LogP contribution >= 0.6 is 0 Å². The van der Waals surface area contributed by atoms with E-state index in [2.05, 4.69) is 10.1 Å². The molecule has 1 saturated heterocycles. The van der Waals surface area contributed by atoms with Gasteiger partial charge in [-0.05, 0) is 40.2 Å². The molecule has 1 aliphatic rings. The van der Waals surface area contributed by atoms with Crippen LogP contribution in [0.3, 0.4) is 0 Å². The molecule has 88 valence electrons. The van der Waals surface area contributed by atoms with Crippen LogP contribution < -0.4 is 5.32 Å². The minimum Gasteiger partial charge on any atom is -0.462 e. The molecule has 0 aromatic rings. The average molecular weight is 215 g/mol. The first-order valence-corrected chi connectivity index (χ1v) is 5.30. The Labute approximate surface area is 91.4 Å². The highest BCUT2D eigenvalue weighted by molar-refractivity contribution is 5.57. The molecule has 0 spiro atoms. The fourth-order valence-electron chi connectivity index (χ4n) is 1.14. The third kappa shape index (κ3) is 9.41. The van der Waals surface area contributed by atoms with Crippen molar-refractivity contribution in [2.24, 2.45) is 0 Å². The molecule has 4 nitrogen and oxygen atoms in total. The van der Waals surface area contributed by atoms with Gasteiger partial charge in [0.05, 0.1) is 6.04 Å². The Morgan fingerprint density at radius 3 is 2.13 bits per heavy atom. The fourth-order valence-corrected chi connectivity index (χ4v) is 1.14. The topological polar surface area (TPSA) is 55.4 Å². The Morgan fingerprint density at radius 1 is 1.27 bits per heavy atom. The van der Waals surface area contributed by atoms with Crippen LogP contribution in [-0.2, 0) is 14.3 Å². The van der Waals surface area contributed by atoms with Crippen molar-refractivity contribution in [1.29, 1.82) is 0 Å². The van der Waals surface area contributed by atoms with Gasteiger partial charge in [-0.3, -0.25) is 4.79 Å². The highest BCUT2D eigenvalue weighted by Crippen LogP contribution is 2.03. The van der Waals surface area contributed by atoms with E-state index in [1.807, 2.05) is 20.8 Å². The summed E-state index contributed by atoms with van der Waals surface area (Å²) in [4.78, 5) is 19.7. The zero-order valence-electron chi connectivity index (χ0n) is 9.79. The molecule has 0 aromatic heterocycles. The zero-order chi connectivity index (χ0) is 11.7. The minimum absolute atomic E-state index is 0.156. The molecule has 0 bridgehead atoms. The molecule has 15 heavy (non-hydrogen) atoms. The van der Waals surface area contributed by atoms with Crippen LogP contribution in [0.2, 0.25) is 0 Å². The smallest absolute Gasteiger partial charge is 0.293 e. The van der Waals surface area contributed by atoms with Gasteiger partial charge in [0.15, 0.2) is 0 Å². The zero-order valence-corrected chi connectivity index (χ0v) is 9.79. The van der Waals surface area contributed by atoms with Crippen LogP contribution in [0.5, 0.6) is 0 Å². The van der Waals surface area contributed by atoms with Crippen molar-refractivity contribution in [3.63, 3.8) is 0 Å². The molecular weight excluding hydrogens is 194 g/mol. The monoisotopic (exact) mass is 215 g/mol. The van der Waals surface area contributed by atoms with Gasteiger partial charge in [-0.25, -0.2) is 0 Å². The summed E-state index contributed by atoms with van der Waals surface area (Å²) in [6, 6.07) is 0.156. The van der Waals surface area contributed by atoms with Crippen LogP contribution in [0.25, 0.3) is 0 Å². The first-order chi connectivity index (χ1) is 6.99. The van der Waals surface area contributed by atoms with Gasteiger partial charge in [-0.2, -0.15) is 0 Å². The van der Waals surface area contributed by atoms with E-state index in [0.717, 1.165) is 19.3 Å². The van der Waals surface area contributed by atoms with Gasteiger partial charge in [0.2, 0.25) is 0 Å². The maximum absolute atomic E-state index is 10.1. The third-order valence-electron chi connectivity index (χ3n) is 1.91. The van der Waals surface area contributed by atoms with Gasteiger partial charge in [-0.1, -0.05) is 6.42 Å². The molecule has 1 unspecified atom stereocenters. The number of hydrogen-bond donors (Lipinski definition) is 1. The van der Waals surface area contributed by atoms with Crippen molar-refractivity contribution in [3.8, 4) is 0 Å². The lowest BCUT2D eigenvalue weighted by atomic mass is 10.1. The van der Waals surface area contributed by atoms with Crippen molar-refractivity contribution >= 4 is 12.8 Å². The number of nitrogens with one attached hydrogen (secondary N) is 1. The van der Waals surface area contributed by atoms with Crippen molar-refractivity contribution < 1.29 is 14.3 Å². The summed E-state index contributed by atoms with van der Waals surface area (Å²) in [6.45, 7) is 6.94. The summed E-state index contributed by atoms with van der Waals surface area (Å²) in [5, 5.41) is 3.10. The van der Waals surface area contributed by atoms with E-state index < -0.39 is 0 Å². The molecule has 0 aliphatic carbocycles. The van der Waals surface area contributed by atoms with Gasteiger partial charge < -0.3 is 14.8 Å². The van der Waals surface area contributed by atoms with Crippen molar-refractivity contribution in [2.45, 2.75) is 51.7 Å². The SMILES string of the molecule is CC(C)(C)OC=O.O=CC1CCCCN1. The third-order valence-corrected chi connectivity index (χ3v) is 1.91. The van der Waals surface area contributed by atoms with E-state index in [1.165, 1.54) is 12.8 Å². The Morgan fingerprint density at radius 2 is 1.93 bits per heavy atom. The quantitative estimate of drug-likeness (QED) is 0.705. The van der Waals surface area contributed by atoms with Gasteiger partial charge >= 0.3 is 0 Å². The summed E-state index contributed by atoms with van der Waals surface area (Å²) in [7, 11) is 0. The van der Waals surface area contributed by atoms with Crippen LogP contribution in [0.15, 0.2) is 0 Å². The number of carbonyl (C=O) groups excluding carboxylic acids is 2. The minimum atomic E-state index is -0.318. The fraction of sp³-hybridized carbons (Fsp3) is 0.818. The summed E-state index contributed by atoms with van der Waals surface area (Å²) in [6.07, 6.45) is 4.46. The summed E-state index contributed by atoms with van der Waals surface area (Å²) in [5.41, 5.74) is -0.318. The Kier molecular flexibility index (Phi) is 6.96. The lowest BCUT2D eigenvalue weighted by Gasteiger charge is -2.17. The van der Waals surface area contributed by atoms with Crippen LogP contribution in [0.1, 0.15) is 40.0 Å². The molecular formula is C11H21NO3. The lowest BCUT2D eigenvalue weighted by molar-refractivity contribution is -0.138. The molecule has 1 aliphatic heterocycles. The van der Waals surface area contributed by atoms with Crippen molar-refractivity contribution in [2.75, 3.05) is 6.54 Å². The first-order valence-electron chi connectivity index (χ1n) is 5.30. The van der Waals surface area contributed by atoms with Crippen LogP contribution in [-0.4, -0.2) is 30.9 Å². The molecule has 1 fully saturated rings. The van der Waals surface area contributed by atoms with Gasteiger partial charge in [0.1, 0.15) is 11.9 Å². The number of rotatable bonds is 2. The van der Waals surface area contributed by atoms with Crippen LogP contribution in [0.4, 0.5) is 0 Å². The van der Waals surface area contributed by atoms with E-state index in [9.17, 15) is 9.59 Å². The second kappa shape index (κ2) is 7.40. The largest absolute Gasteiger partial charge is 0.462 e. The second-order valence-electron chi connectivity index (χ2n) is 4.52. The number of aldehydes is 1. The molecule has 4 heteroatoms. The molecule has 0 aromatic carbocycles. The predicted molar refractivity (Wildman–Crippen MR) is 58.6 cm³/mol. The van der Waals surface area contributed by atoms with E-state index in [1.54, 1.807) is 0 Å². The molecule has 1 rings (SSSR count). The summed E-state index contributed by atoms with van der Waals surface area (Å²) >= 11 is 0. The number of hydrogen-bond acceptors (Lipinski definition) is 4. The van der Waals surface area contributed by atoms with E-state index >= 15 is 0 Å². The normalized spacial score (nSPS) is 20.9. The number of ether oxygens (including phenoxy) is 1. The van der Waals surface area contributed by atoms with E-state index in [4.69, 9.17) is 0 Å². The number of piperidine rings is 1. The van der Waals surface area contributed by atoms with Crippen LogP contribution in [0, 0.1) is 0 Å². The van der Waals surface area contributed by atoms with Gasteiger partial charge in [-0.15, -0.1) is 0 Å². The van der Waals surface area contributed by atoms with Gasteiger partial charge in [0.25, 0.3) is 6.47 Å². The van der Waals surface area contributed by atoms with Crippen molar-refractivity contribution in [1.82, 2.24) is 5.32 Å². The highest BCUT2D eigenvalue weighted by Gasteiger charge is 2.09. The average Bonchev–Trinajstić information content (AvgIpc) is 2.18. The molecule has 0 saturated carbocycles. The second-order valence-corrected chi connectivity index (χ2v) is 4.52. The molecule has 0 radical (unpaired) electrons. The standard InChI is InChI=1S/C6H11NO.C5H10O2/c8-5-6-3-1-2-4-7-6;1-5(2,3)7-4-6/h5-7H,1-4H2;4H,1-3H3. The maximum Gasteiger partial charge on any atom is 0.293 e. The predicted octanol–water partition coefficient (Wildman–Crippen LogP) is 1.29. The maximum atomic E-state index is 10.1. The van der Waals surface area contributed by atoms with E-state index in [-0.39, 0.29) is 11.6 Å². The summed E-state index contributed by atoms with van der Waals surface area (Å²) in [5.74, 6) is 0. The Balaban J connectivity index is 0.000000265. The molecule has 0 amide bonds. The molecule has 1 heterocycles. The molecule has 1 atom stereocenters. The Bertz CT molecular complexity index is 181. The lowest BCUT2D eigenvalue weighted by Crippen LogP contribution is -2.34.